The van der Waals surface area contributed by atoms with Crippen LogP contribution in [0.1, 0.15) is 74.4 Å². The molecule has 1 aliphatic heterocycles. The first kappa shape index (κ1) is 18.6. The van der Waals surface area contributed by atoms with Gasteiger partial charge in [-0.25, -0.2) is 4.79 Å². The van der Waals surface area contributed by atoms with Crippen LogP contribution in [0.3, 0.4) is 0 Å². The van der Waals surface area contributed by atoms with Crippen LogP contribution in [0.5, 0.6) is 11.5 Å². The van der Waals surface area contributed by atoms with Gasteiger partial charge in [-0.3, -0.25) is 0 Å². The molecule has 0 spiro atoms. The summed E-state index contributed by atoms with van der Waals surface area (Å²) >= 11 is 0. The summed E-state index contributed by atoms with van der Waals surface area (Å²) in [5.41, 5.74) is 1.55. The van der Waals surface area contributed by atoms with Crippen molar-refractivity contribution >= 4 is 5.97 Å². The topological polar surface area (TPSA) is 66.8 Å². The number of fused-ring (bicyclic) bond motifs is 3. The van der Waals surface area contributed by atoms with Crippen LogP contribution in [-0.2, 0) is 6.42 Å². The predicted molar refractivity (Wildman–Crippen MR) is 102 cm³/mol. The molecule has 0 saturated carbocycles. The maximum absolute atomic E-state index is 11.9. The highest BCUT2D eigenvalue weighted by Crippen LogP contribution is 2.61. The molecule has 26 heavy (non-hydrogen) atoms. The van der Waals surface area contributed by atoms with Crippen molar-refractivity contribution in [1.82, 2.24) is 0 Å². The number of phenols is 1. The number of aromatic carboxylic acids is 1. The summed E-state index contributed by atoms with van der Waals surface area (Å²) in [5.74, 6) is -0.814. The fourth-order valence-electron chi connectivity index (χ4n) is 4.74. The largest absolute Gasteiger partial charge is 0.507 e. The van der Waals surface area contributed by atoms with Crippen LogP contribution >= 0.6 is 0 Å². The van der Waals surface area contributed by atoms with E-state index in [-0.39, 0.29) is 22.6 Å². The number of carboxylic acids is 1. The van der Waals surface area contributed by atoms with E-state index >= 15 is 0 Å². The number of benzene rings is 1. The molecule has 3 rings (SSSR count). The predicted octanol–water partition coefficient (Wildman–Crippen LogP) is 5.21. The van der Waals surface area contributed by atoms with Crippen molar-refractivity contribution in [2.45, 2.75) is 64.9 Å². The van der Waals surface area contributed by atoms with Crippen LogP contribution in [0.4, 0.5) is 0 Å². The molecule has 1 aromatic rings. The van der Waals surface area contributed by atoms with E-state index in [0.29, 0.717) is 23.3 Å². The summed E-state index contributed by atoms with van der Waals surface area (Å²) in [6.07, 6.45) is 7.25. The Morgan fingerprint density at radius 3 is 2.73 bits per heavy atom. The Kier molecular flexibility index (Phi) is 4.41. The summed E-state index contributed by atoms with van der Waals surface area (Å²) in [7, 11) is 0. The third-order valence-electron chi connectivity index (χ3n) is 6.22. The average Bonchev–Trinajstić information content (AvgIpc) is 2.53. The summed E-state index contributed by atoms with van der Waals surface area (Å²) in [6, 6.07) is 1.81. The zero-order valence-corrected chi connectivity index (χ0v) is 16.1. The lowest BCUT2D eigenvalue weighted by Gasteiger charge is -2.54. The van der Waals surface area contributed by atoms with Gasteiger partial charge < -0.3 is 14.9 Å². The van der Waals surface area contributed by atoms with Gasteiger partial charge in [0.15, 0.2) is 0 Å². The van der Waals surface area contributed by atoms with Crippen LogP contribution in [-0.4, -0.2) is 21.8 Å². The SMILES string of the molecule is C=C[C@@]12CCC(C)=C[C@H]1c1c(cc(CCC)c(C(=O)O)c1O)OC2(C)C. The molecule has 2 aliphatic rings. The summed E-state index contributed by atoms with van der Waals surface area (Å²) in [6.45, 7) is 12.3. The van der Waals surface area contributed by atoms with E-state index in [2.05, 4.69) is 33.4 Å². The molecule has 140 valence electrons. The van der Waals surface area contributed by atoms with Crippen LogP contribution in [0.15, 0.2) is 30.4 Å². The van der Waals surface area contributed by atoms with E-state index in [1.807, 2.05) is 19.1 Å². The molecule has 1 aliphatic carbocycles. The normalized spacial score (nSPS) is 26.2. The molecule has 0 unspecified atom stereocenters. The molecule has 4 heteroatoms. The average molecular weight is 356 g/mol. The Morgan fingerprint density at radius 2 is 2.15 bits per heavy atom. The Balaban J connectivity index is 2.35. The van der Waals surface area contributed by atoms with Crippen molar-refractivity contribution in [3.05, 3.63) is 47.1 Å². The van der Waals surface area contributed by atoms with Gasteiger partial charge in [0.2, 0.25) is 0 Å². The van der Waals surface area contributed by atoms with Crippen molar-refractivity contribution < 1.29 is 19.7 Å². The molecule has 2 N–H and O–H groups in total. The number of hydrogen-bond acceptors (Lipinski definition) is 3. The number of hydrogen-bond donors (Lipinski definition) is 2. The molecule has 1 aromatic carbocycles. The molecule has 0 amide bonds. The third-order valence-corrected chi connectivity index (χ3v) is 6.22. The molecule has 0 bridgehead atoms. The van der Waals surface area contributed by atoms with E-state index in [9.17, 15) is 15.0 Å². The molecular weight excluding hydrogens is 328 g/mol. The van der Waals surface area contributed by atoms with Gasteiger partial charge in [0.1, 0.15) is 22.7 Å². The molecule has 0 fully saturated rings. The highest BCUT2D eigenvalue weighted by Gasteiger charge is 2.56. The minimum Gasteiger partial charge on any atom is -0.507 e. The van der Waals surface area contributed by atoms with Crippen LogP contribution in [0.2, 0.25) is 0 Å². The second-order valence-corrected chi connectivity index (χ2v) is 8.07. The number of aromatic hydroxyl groups is 1. The smallest absolute Gasteiger partial charge is 0.339 e. The Morgan fingerprint density at radius 1 is 1.46 bits per heavy atom. The minimum absolute atomic E-state index is 0.00324. The standard InChI is InChI=1S/C22H28O4/c1-6-8-14-12-16-18(19(23)17(14)20(24)25)15-11-13(3)9-10-22(15,7-2)21(4,5)26-16/h7,11-12,15,23H,2,6,8-10H2,1,3-5H3,(H,24,25)/t15-,22+/m0/s1. The summed E-state index contributed by atoms with van der Waals surface area (Å²) < 4.78 is 6.37. The molecule has 0 aromatic heterocycles. The van der Waals surface area contributed by atoms with Gasteiger partial charge in [0, 0.05) is 16.9 Å². The van der Waals surface area contributed by atoms with Crippen molar-refractivity contribution in [3.63, 3.8) is 0 Å². The maximum Gasteiger partial charge on any atom is 0.339 e. The van der Waals surface area contributed by atoms with Crippen molar-refractivity contribution in [3.8, 4) is 11.5 Å². The molecule has 0 saturated heterocycles. The number of rotatable bonds is 4. The fraction of sp³-hybridized carbons (Fsp3) is 0.500. The molecular formula is C22H28O4. The first-order valence-corrected chi connectivity index (χ1v) is 9.30. The maximum atomic E-state index is 11.9. The number of aryl methyl sites for hydroxylation is 1. The second-order valence-electron chi connectivity index (χ2n) is 8.07. The van der Waals surface area contributed by atoms with Gasteiger partial charge in [-0.1, -0.05) is 31.1 Å². The Labute approximate surface area is 155 Å². The number of carbonyl (C=O) groups is 1. The summed E-state index contributed by atoms with van der Waals surface area (Å²) in [5, 5.41) is 20.7. The summed E-state index contributed by atoms with van der Waals surface area (Å²) in [4.78, 5) is 11.9. The molecule has 1 heterocycles. The Bertz CT molecular complexity index is 803. The highest BCUT2D eigenvalue weighted by molar-refractivity contribution is 5.94. The van der Waals surface area contributed by atoms with Crippen LogP contribution < -0.4 is 4.74 Å². The highest BCUT2D eigenvalue weighted by atomic mass is 16.5. The van der Waals surface area contributed by atoms with E-state index in [4.69, 9.17) is 4.74 Å². The molecule has 2 atom stereocenters. The zero-order valence-electron chi connectivity index (χ0n) is 16.1. The van der Waals surface area contributed by atoms with Crippen LogP contribution in [0, 0.1) is 5.41 Å². The zero-order chi connectivity index (χ0) is 19.3. The van der Waals surface area contributed by atoms with Crippen molar-refractivity contribution in [2.75, 3.05) is 0 Å². The lowest BCUT2D eigenvalue weighted by Crippen LogP contribution is -2.54. The van der Waals surface area contributed by atoms with E-state index in [0.717, 1.165) is 19.3 Å². The van der Waals surface area contributed by atoms with Gasteiger partial charge in [0.25, 0.3) is 0 Å². The van der Waals surface area contributed by atoms with Gasteiger partial charge >= 0.3 is 5.97 Å². The number of carboxylic acid groups (broad SMARTS) is 1. The van der Waals surface area contributed by atoms with Crippen LogP contribution in [0.25, 0.3) is 0 Å². The quantitative estimate of drug-likeness (QED) is 0.727. The first-order valence-electron chi connectivity index (χ1n) is 9.30. The van der Waals surface area contributed by atoms with Gasteiger partial charge in [-0.2, -0.15) is 0 Å². The van der Waals surface area contributed by atoms with Gasteiger partial charge in [-0.05, 0) is 51.7 Å². The fourth-order valence-corrected chi connectivity index (χ4v) is 4.74. The monoisotopic (exact) mass is 356 g/mol. The second kappa shape index (κ2) is 6.19. The van der Waals surface area contributed by atoms with E-state index in [1.165, 1.54) is 5.57 Å². The van der Waals surface area contributed by atoms with E-state index < -0.39 is 11.6 Å². The third kappa shape index (κ3) is 2.46. The Hall–Kier alpha value is -2.23. The number of allylic oxidation sites excluding steroid dienone is 2. The van der Waals surface area contributed by atoms with Crippen molar-refractivity contribution in [1.29, 1.82) is 0 Å². The van der Waals surface area contributed by atoms with Gasteiger partial charge in [0.05, 0.1) is 0 Å². The molecule has 4 nitrogen and oxygen atoms in total. The minimum atomic E-state index is -1.10. The lowest BCUT2D eigenvalue weighted by molar-refractivity contribution is -0.0382. The molecule has 0 radical (unpaired) electrons. The number of ether oxygens (including phenoxy) is 1. The lowest BCUT2D eigenvalue weighted by atomic mass is 9.56. The van der Waals surface area contributed by atoms with Crippen molar-refractivity contribution in [2.24, 2.45) is 5.41 Å². The first-order chi connectivity index (χ1) is 12.2. The van der Waals surface area contributed by atoms with E-state index in [1.54, 1.807) is 0 Å². The van der Waals surface area contributed by atoms with Gasteiger partial charge in [-0.15, -0.1) is 6.58 Å².